The zero-order valence-electron chi connectivity index (χ0n) is 11.6. The average molecular weight is 342 g/mol. The van der Waals surface area contributed by atoms with Gasteiger partial charge in [0.05, 0.1) is 10.2 Å². The molecule has 0 radical (unpaired) electrons. The SMILES string of the molecule is NCc1ccc(N2CCC(N3CCCC3)C2)c(F)c1Br. The lowest BCUT2D eigenvalue weighted by Gasteiger charge is -2.25. The highest BCUT2D eigenvalue weighted by molar-refractivity contribution is 9.10. The summed E-state index contributed by atoms with van der Waals surface area (Å²) in [6.07, 6.45) is 3.75. The summed E-state index contributed by atoms with van der Waals surface area (Å²) in [5.41, 5.74) is 7.14. The van der Waals surface area contributed by atoms with Crippen LogP contribution in [0.1, 0.15) is 24.8 Å². The van der Waals surface area contributed by atoms with Gasteiger partial charge in [-0.2, -0.15) is 0 Å². The first-order valence-electron chi connectivity index (χ1n) is 7.36. The van der Waals surface area contributed by atoms with Gasteiger partial charge in [0.2, 0.25) is 0 Å². The molecule has 5 heteroatoms. The first-order chi connectivity index (χ1) is 9.70. The van der Waals surface area contributed by atoms with E-state index in [0.29, 0.717) is 22.7 Å². The maximum Gasteiger partial charge on any atom is 0.160 e. The molecule has 0 amide bonds. The summed E-state index contributed by atoms with van der Waals surface area (Å²) in [5, 5.41) is 0. The van der Waals surface area contributed by atoms with Crippen molar-refractivity contribution in [3.8, 4) is 0 Å². The molecule has 0 saturated carbocycles. The fourth-order valence-corrected chi connectivity index (χ4v) is 3.84. The minimum absolute atomic E-state index is 0.171. The standard InChI is InChI=1S/C15H21BrFN3/c16-14-11(9-18)3-4-13(15(14)17)20-8-5-12(10-20)19-6-1-2-7-19/h3-4,12H,1-2,5-10,18H2. The molecule has 2 aliphatic heterocycles. The van der Waals surface area contributed by atoms with Crippen LogP contribution in [0.3, 0.4) is 0 Å². The molecule has 2 saturated heterocycles. The van der Waals surface area contributed by atoms with Crippen LogP contribution in [0.5, 0.6) is 0 Å². The number of likely N-dealkylation sites (tertiary alicyclic amines) is 1. The minimum Gasteiger partial charge on any atom is -0.368 e. The highest BCUT2D eigenvalue weighted by Crippen LogP contribution is 2.32. The summed E-state index contributed by atoms with van der Waals surface area (Å²) in [4.78, 5) is 4.73. The van der Waals surface area contributed by atoms with E-state index >= 15 is 0 Å². The molecule has 0 aliphatic carbocycles. The number of nitrogens with zero attached hydrogens (tertiary/aromatic N) is 2. The number of benzene rings is 1. The maximum absolute atomic E-state index is 14.4. The second kappa shape index (κ2) is 6.00. The summed E-state index contributed by atoms with van der Waals surface area (Å²) in [7, 11) is 0. The van der Waals surface area contributed by atoms with Gasteiger partial charge in [0.15, 0.2) is 5.82 Å². The van der Waals surface area contributed by atoms with Crippen molar-refractivity contribution in [2.24, 2.45) is 5.73 Å². The molecule has 20 heavy (non-hydrogen) atoms. The molecule has 2 aliphatic rings. The maximum atomic E-state index is 14.4. The van der Waals surface area contributed by atoms with Crippen molar-refractivity contribution in [1.29, 1.82) is 0 Å². The normalized spacial score (nSPS) is 23.8. The topological polar surface area (TPSA) is 32.5 Å². The highest BCUT2D eigenvalue weighted by Gasteiger charge is 2.30. The zero-order valence-corrected chi connectivity index (χ0v) is 13.2. The van der Waals surface area contributed by atoms with Gasteiger partial charge in [-0.05, 0) is 59.9 Å². The molecule has 1 aromatic rings. The molecule has 3 rings (SSSR count). The molecule has 2 heterocycles. The molecule has 1 unspecified atom stereocenters. The van der Waals surface area contributed by atoms with Gasteiger partial charge in [0.25, 0.3) is 0 Å². The molecule has 2 fully saturated rings. The molecule has 0 spiro atoms. The third kappa shape index (κ3) is 2.59. The van der Waals surface area contributed by atoms with Gasteiger partial charge in [0, 0.05) is 25.7 Å². The summed E-state index contributed by atoms with van der Waals surface area (Å²) >= 11 is 3.33. The monoisotopic (exact) mass is 341 g/mol. The number of rotatable bonds is 3. The third-order valence-corrected chi connectivity index (χ3v) is 5.38. The third-order valence-electron chi connectivity index (χ3n) is 4.52. The van der Waals surface area contributed by atoms with Crippen molar-refractivity contribution in [3.63, 3.8) is 0 Å². The fourth-order valence-electron chi connectivity index (χ4n) is 3.35. The Bertz CT molecular complexity index is 488. The van der Waals surface area contributed by atoms with Crippen molar-refractivity contribution < 1.29 is 4.39 Å². The Morgan fingerprint density at radius 3 is 2.70 bits per heavy atom. The van der Waals surface area contributed by atoms with Crippen LogP contribution in [0, 0.1) is 5.82 Å². The van der Waals surface area contributed by atoms with E-state index in [9.17, 15) is 4.39 Å². The quantitative estimate of drug-likeness (QED) is 0.917. The van der Waals surface area contributed by atoms with E-state index in [4.69, 9.17) is 5.73 Å². The Labute approximate surface area is 128 Å². The molecule has 0 bridgehead atoms. The van der Waals surface area contributed by atoms with E-state index in [1.165, 1.54) is 25.9 Å². The Kier molecular flexibility index (Phi) is 4.29. The lowest BCUT2D eigenvalue weighted by Crippen LogP contribution is -2.35. The second-order valence-electron chi connectivity index (χ2n) is 5.71. The smallest absolute Gasteiger partial charge is 0.160 e. The van der Waals surface area contributed by atoms with Crippen molar-refractivity contribution >= 4 is 21.6 Å². The van der Waals surface area contributed by atoms with Crippen LogP contribution in [0.25, 0.3) is 0 Å². The van der Waals surface area contributed by atoms with E-state index in [2.05, 4.69) is 25.7 Å². The zero-order chi connectivity index (χ0) is 14.1. The molecule has 3 nitrogen and oxygen atoms in total. The van der Waals surface area contributed by atoms with E-state index < -0.39 is 0 Å². The van der Waals surface area contributed by atoms with Crippen LogP contribution in [0.15, 0.2) is 16.6 Å². The first-order valence-corrected chi connectivity index (χ1v) is 8.16. The van der Waals surface area contributed by atoms with Crippen LogP contribution in [-0.4, -0.2) is 37.1 Å². The highest BCUT2D eigenvalue weighted by atomic mass is 79.9. The number of hydrogen-bond donors (Lipinski definition) is 1. The Balaban J connectivity index is 1.75. The van der Waals surface area contributed by atoms with Crippen LogP contribution in [0.2, 0.25) is 0 Å². The van der Waals surface area contributed by atoms with Gasteiger partial charge in [0.1, 0.15) is 0 Å². The van der Waals surface area contributed by atoms with Crippen LogP contribution in [-0.2, 0) is 6.54 Å². The lowest BCUT2D eigenvalue weighted by atomic mass is 10.2. The van der Waals surface area contributed by atoms with Crippen LogP contribution < -0.4 is 10.6 Å². The molecular weight excluding hydrogens is 321 g/mol. The predicted molar refractivity (Wildman–Crippen MR) is 83.4 cm³/mol. The molecule has 1 aromatic carbocycles. The molecule has 110 valence electrons. The van der Waals surface area contributed by atoms with Crippen molar-refractivity contribution in [2.45, 2.75) is 31.8 Å². The molecule has 1 atom stereocenters. The summed E-state index contributed by atoms with van der Waals surface area (Å²) < 4.78 is 15.0. The minimum atomic E-state index is -0.171. The van der Waals surface area contributed by atoms with Gasteiger partial charge >= 0.3 is 0 Å². The fraction of sp³-hybridized carbons (Fsp3) is 0.600. The van der Waals surface area contributed by atoms with E-state index in [0.717, 1.165) is 25.1 Å². The second-order valence-corrected chi connectivity index (χ2v) is 6.50. The van der Waals surface area contributed by atoms with Crippen molar-refractivity contribution in [2.75, 3.05) is 31.1 Å². The van der Waals surface area contributed by atoms with E-state index in [1.807, 2.05) is 12.1 Å². The Hall–Kier alpha value is -0.650. The number of nitrogens with two attached hydrogens (primary N) is 1. The van der Waals surface area contributed by atoms with Gasteiger partial charge < -0.3 is 10.6 Å². The number of anilines is 1. The Morgan fingerprint density at radius 2 is 2.00 bits per heavy atom. The van der Waals surface area contributed by atoms with Crippen molar-refractivity contribution in [3.05, 3.63) is 28.0 Å². The first kappa shape index (κ1) is 14.3. The largest absolute Gasteiger partial charge is 0.368 e. The van der Waals surface area contributed by atoms with Crippen LogP contribution >= 0.6 is 15.9 Å². The molecule has 0 aromatic heterocycles. The Morgan fingerprint density at radius 1 is 1.25 bits per heavy atom. The summed E-state index contributed by atoms with van der Waals surface area (Å²) in [6, 6.07) is 4.38. The summed E-state index contributed by atoms with van der Waals surface area (Å²) in [6.45, 7) is 4.64. The lowest BCUT2D eigenvalue weighted by molar-refractivity contribution is 0.260. The number of halogens is 2. The van der Waals surface area contributed by atoms with Gasteiger partial charge in [-0.1, -0.05) is 6.07 Å². The van der Waals surface area contributed by atoms with E-state index in [1.54, 1.807) is 0 Å². The summed E-state index contributed by atoms with van der Waals surface area (Å²) in [5.74, 6) is -0.171. The van der Waals surface area contributed by atoms with Gasteiger partial charge in [-0.3, -0.25) is 4.90 Å². The van der Waals surface area contributed by atoms with E-state index in [-0.39, 0.29) is 5.82 Å². The van der Waals surface area contributed by atoms with Crippen molar-refractivity contribution in [1.82, 2.24) is 4.90 Å². The van der Waals surface area contributed by atoms with Crippen LogP contribution in [0.4, 0.5) is 10.1 Å². The molecular formula is C15H21BrFN3. The van der Waals surface area contributed by atoms with Gasteiger partial charge in [-0.25, -0.2) is 4.39 Å². The molecule has 2 N–H and O–H groups in total. The average Bonchev–Trinajstić information content (AvgIpc) is 3.11. The van der Waals surface area contributed by atoms with Gasteiger partial charge in [-0.15, -0.1) is 0 Å². The predicted octanol–water partition coefficient (Wildman–Crippen LogP) is 2.72. The number of hydrogen-bond acceptors (Lipinski definition) is 3.